The van der Waals surface area contributed by atoms with Crippen LogP contribution in [-0.4, -0.2) is 21.8 Å². The lowest BCUT2D eigenvalue weighted by Crippen LogP contribution is -1.98. The second-order valence-electron chi connectivity index (χ2n) is 4.25. The highest BCUT2D eigenvalue weighted by atomic mass is 32.2. The molecule has 106 valence electrons. The number of rotatable bonds is 4. The number of benzene rings is 2. The fourth-order valence-corrected chi connectivity index (χ4v) is 2.28. The van der Waals surface area contributed by atoms with Gasteiger partial charge in [0.1, 0.15) is 11.5 Å². The molecule has 0 bridgehead atoms. The molecule has 6 heteroatoms. The van der Waals surface area contributed by atoms with Crippen LogP contribution >= 0.6 is 0 Å². The predicted octanol–water partition coefficient (Wildman–Crippen LogP) is 2.47. The minimum atomic E-state index is -3.28. The molecule has 0 aliphatic rings. The zero-order valence-corrected chi connectivity index (χ0v) is 12.0. The summed E-state index contributed by atoms with van der Waals surface area (Å²) < 4.78 is 33.7. The third kappa shape index (κ3) is 3.21. The summed E-state index contributed by atoms with van der Waals surface area (Å²) in [6.45, 7) is 0. The van der Waals surface area contributed by atoms with Crippen LogP contribution in [0.4, 0.5) is 5.69 Å². The highest BCUT2D eigenvalue weighted by Gasteiger charge is 2.09. The van der Waals surface area contributed by atoms with Gasteiger partial charge in [0.05, 0.1) is 17.7 Å². The Morgan fingerprint density at radius 1 is 1.05 bits per heavy atom. The zero-order valence-electron chi connectivity index (χ0n) is 11.2. The van der Waals surface area contributed by atoms with Gasteiger partial charge in [0.2, 0.25) is 0 Å². The Morgan fingerprint density at radius 3 is 2.45 bits per heavy atom. The summed E-state index contributed by atoms with van der Waals surface area (Å²) >= 11 is 0. The lowest BCUT2D eigenvalue weighted by atomic mass is 10.2. The van der Waals surface area contributed by atoms with Gasteiger partial charge in [0, 0.05) is 12.3 Å². The average molecular weight is 293 g/mol. The van der Waals surface area contributed by atoms with Crippen LogP contribution in [0.5, 0.6) is 17.2 Å². The van der Waals surface area contributed by atoms with Crippen molar-refractivity contribution in [2.75, 3.05) is 19.1 Å². The molecule has 0 unspecified atom stereocenters. The van der Waals surface area contributed by atoms with Gasteiger partial charge in [-0.25, -0.2) is 8.42 Å². The minimum absolute atomic E-state index is 0.191. The van der Waals surface area contributed by atoms with Gasteiger partial charge >= 0.3 is 0 Å². The van der Waals surface area contributed by atoms with Crippen molar-refractivity contribution in [3.05, 3.63) is 42.5 Å². The zero-order chi connectivity index (χ0) is 14.8. The molecule has 0 fully saturated rings. The number of nitrogens with two attached hydrogens (primary N) is 1. The lowest BCUT2D eigenvalue weighted by Gasteiger charge is -2.10. The van der Waals surface area contributed by atoms with Gasteiger partial charge in [-0.05, 0) is 30.3 Å². The van der Waals surface area contributed by atoms with Crippen LogP contribution in [0.15, 0.2) is 47.4 Å². The topological polar surface area (TPSA) is 78.6 Å². The van der Waals surface area contributed by atoms with E-state index in [4.69, 9.17) is 15.2 Å². The standard InChI is InChI=1S/C14H15NO4S/c1-18-10-6-7-13(15)14(9-10)19-11-4-3-5-12(8-11)20(2,16)17/h3-9H,15H2,1-2H3. The Bertz CT molecular complexity index is 726. The number of hydrogen-bond acceptors (Lipinski definition) is 5. The van der Waals surface area contributed by atoms with Crippen molar-refractivity contribution in [3.8, 4) is 17.2 Å². The maximum absolute atomic E-state index is 11.5. The van der Waals surface area contributed by atoms with E-state index in [1.807, 2.05) is 0 Å². The van der Waals surface area contributed by atoms with Crippen LogP contribution in [0.25, 0.3) is 0 Å². The SMILES string of the molecule is COc1ccc(N)c(Oc2cccc(S(C)(=O)=O)c2)c1. The van der Waals surface area contributed by atoms with Crippen LogP contribution in [-0.2, 0) is 9.84 Å². The molecule has 20 heavy (non-hydrogen) atoms. The van der Waals surface area contributed by atoms with E-state index in [1.165, 1.54) is 12.1 Å². The molecule has 0 saturated heterocycles. The second-order valence-corrected chi connectivity index (χ2v) is 6.27. The Balaban J connectivity index is 2.35. The maximum Gasteiger partial charge on any atom is 0.175 e. The van der Waals surface area contributed by atoms with E-state index < -0.39 is 9.84 Å². The largest absolute Gasteiger partial charge is 0.497 e. The van der Waals surface area contributed by atoms with Gasteiger partial charge in [-0.3, -0.25) is 0 Å². The van der Waals surface area contributed by atoms with E-state index in [2.05, 4.69) is 0 Å². The molecular formula is C14H15NO4S. The Hall–Kier alpha value is -2.21. The molecular weight excluding hydrogens is 278 g/mol. The monoisotopic (exact) mass is 293 g/mol. The number of anilines is 1. The first-order valence-electron chi connectivity index (χ1n) is 5.81. The van der Waals surface area contributed by atoms with Gasteiger partial charge in [-0.2, -0.15) is 0 Å². The Morgan fingerprint density at radius 2 is 1.80 bits per heavy atom. The second kappa shape index (κ2) is 5.42. The summed E-state index contributed by atoms with van der Waals surface area (Å²) in [5.74, 6) is 1.41. The quantitative estimate of drug-likeness (QED) is 0.876. The molecule has 0 aliphatic heterocycles. The first-order valence-corrected chi connectivity index (χ1v) is 7.71. The van der Waals surface area contributed by atoms with Crippen LogP contribution in [0.1, 0.15) is 0 Å². The molecule has 0 heterocycles. The predicted molar refractivity (Wildman–Crippen MR) is 77.0 cm³/mol. The molecule has 0 spiro atoms. The maximum atomic E-state index is 11.5. The number of nitrogen functional groups attached to an aromatic ring is 1. The smallest absolute Gasteiger partial charge is 0.175 e. The number of methoxy groups -OCH3 is 1. The molecule has 0 atom stereocenters. The molecule has 0 radical (unpaired) electrons. The fourth-order valence-electron chi connectivity index (χ4n) is 1.63. The normalized spacial score (nSPS) is 11.1. The van der Waals surface area contributed by atoms with Gasteiger partial charge < -0.3 is 15.2 Å². The van der Waals surface area contributed by atoms with Crippen LogP contribution in [0.2, 0.25) is 0 Å². The molecule has 0 saturated carbocycles. The molecule has 2 N–H and O–H groups in total. The van der Waals surface area contributed by atoms with Crippen molar-refractivity contribution < 1.29 is 17.9 Å². The minimum Gasteiger partial charge on any atom is -0.497 e. The first kappa shape index (κ1) is 14.2. The molecule has 0 amide bonds. The summed E-state index contributed by atoms with van der Waals surface area (Å²) in [5, 5.41) is 0. The van der Waals surface area contributed by atoms with E-state index in [0.717, 1.165) is 6.26 Å². The number of hydrogen-bond donors (Lipinski definition) is 1. The third-order valence-electron chi connectivity index (χ3n) is 2.68. The van der Waals surface area contributed by atoms with Gasteiger partial charge in [-0.15, -0.1) is 0 Å². The van der Waals surface area contributed by atoms with Crippen molar-refractivity contribution in [2.45, 2.75) is 4.90 Å². The summed E-state index contributed by atoms with van der Waals surface area (Å²) in [4.78, 5) is 0.191. The Kier molecular flexibility index (Phi) is 3.85. The molecule has 2 rings (SSSR count). The molecule has 2 aromatic rings. The molecule has 2 aromatic carbocycles. The molecule has 5 nitrogen and oxygen atoms in total. The van der Waals surface area contributed by atoms with Gasteiger partial charge in [-0.1, -0.05) is 6.07 Å². The summed E-state index contributed by atoms with van der Waals surface area (Å²) in [5.41, 5.74) is 6.26. The summed E-state index contributed by atoms with van der Waals surface area (Å²) in [7, 11) is -1.74. The molecule has 0 aromatic heterocycles. The number of ether oxygens (including phenoxy) is 2. The van der Waals surface area contributed by atoms with Crippen LogP contribution in [0.3, 0.4) is 0 Å². The van der Waals surface area contributed by atoms with E-state index in [0.29, 0.717) is 22.9 Å². The van der Waals surface area contributed by atoms with Crippen molar-refractivity contribution in [1.82, 2.24) is 0 Å². The van der Waals surface area contributed by atoms with E-state index in [-0.39, 0.29) is 4.90 Å². The van der Waals surface area contributed by atoms with Crippen molar-refractivity contribution in [1.29, 1.82) is 0 Å². The highest BCUT2D eigenvalue weighted by molar-refractivity contribution is 7.90. The fraction of sp³-hybridized carbons (Fsp3) is 0.143. The van der Waals surface area contributed by atoms with Crippen LogP contribution in [0, 0.1) is 0 Å². The summed E-state index contributed by atoms with van der Waals surface area (Å²) in [6.07, 6.45) is 1.14. The van der Waals surface area contributed by atoms with Crippen molar-refractivity contribution >= 4 is 15.5 Å². The number of sulfone groups is 1. The Labute approximate surface area is 117 Å². The summed E-state index contributed by atoms with van der Waals surface area (Å²) in [6, 6.07) is 11.3. The van der Waals surface area contributed by atoms with Gasteiger partial charge in [0.15, 0.2) is 15.6 Å². The lowest BCUT2D eigenvalue weighted by molar-refractivity contribution is 0.409. The molecule has 0 aliphatic carbocycles. The van der Waals surface area contributed by atoms with E-state index >= 15 is 0 Å². The average Bonchev–Trinajstić information content (AvgIpc) is 2.41. The highest BCUT2D eigenvalue weighted by Crippen LogP contribution is 2.31. The van der Waals surface area contributed by atoms with Crippen molar-refractivity contribution in [2.24, 2.45) is 0 Å². The third-order valence-corrected chi connectivity index (χ3v) is 3.79. The van der Waals surface area contributed by atoms with Crippen molar-refractivity contribution in [3.63, 3.8) is 0 Å². The van der Waals surface area contributed by atoms with E-state index in [1.54, 1.807) is 37.4 Å². The van der Waals surface area contributed by atoms with Crippen LogP contribution < -0.4 is 15.2 Å². The van der Waals surface area contributed by atoms with Gasteiger partial charge in [0.25, 0.3) is 0 Å². The first-order chi connectivity index (χ1) is 9.40. The van der Waals surface area contributed by atoms with E-state index in [9.17, 15) is 8.42 Å².